The molecule has 1 saturated carbocycles. The molecule has 0 amide bonds. The lowest BCUT2D eigenvalue weighted by atomic mass is 9.67. The summed E-state index contributed by atoms with van der Waals surface area (Å²) >= 11 is 0. The van der Waals surface area contributed by atoms with Crippen LogP contribution in [0, 0.1) is 17.3 Å². The van der Waals surface area contributed by atoms with E-state index >= 15 is 0 Å². The zero-order chi connectivity index (χ0) is 11.6. The molecule has 1 rings (SSSR count). The van der Waals surface area contributed by atoms with Gasteiger partial charge in [0.15, 0.2) is 5.78 Å². The number of allylic oxidation sites excluding steroid dienone is 2. The molecule has 0 heterocycles. The molecule has 1 aliphatic rings. The third-order valence-electron chi connectivity index (χ3n) is 3.05. The first-order valence-corrected chi connectivity index (χ1v) is 5.54. The van der Waals surface area contributed by atoms with E-state index in [0.717, 1.165) is 12.8 Å². The number of hydrogen-bond acceptors (Lipinski definition) is 2. The Morgan fingerprint density at radius 3 is 2.53 bits per heavy atom. The highest BCUT2D eigenvalue weighted by Crippen LogP contribution is 2.40. The first-order chi connectivity index (χ1) is 6.82. The fraction of sp³-hybridized carbons (Fsp3) is 0.692. The molecule has 0 unspecified atom stereocenters. The maximum absolute atomic E-state index is 11.9. The summed E-state index contributed by atoms with van der Waals surface area (Å²) in [6.07, 6.45) is 5.12. The van der Waals surface area contributed by atoms with Crippen molar-refractivity contribution in [3.63, 3.8) is 0 Å². The molecule has 2 atom stereocenters. The molecule has 0 aromatic carbocycles. The van der Waals surface area contributed by atoms with Gasteiger partial charge < -0.3 is 0 Å². The van der Waals surface area contributed by atoms with E-state index in [9.17, 15) is 9.59 Å². The molecule has 84 valence electrons. The maximum Gasteiger partial charge on any atom is 0.152 e. The molecule has 0 aromatic heterocycles. The van der Waals surface area contributed by atoms with Crippen LogP contribution < -0.4 is 0 Å². The Morgan fingerprint density at radius 1 is 1.40 bits per heavy atom. The van der Waals surface area contributed by atoms with Gasteiger partial charge >= 0.3 is 0 Å². The largest absolute Gasteiger partial charge is 0.299 e. The van der Waals surface area contributed by atoms with E-state index in [4.69, 9.17) is 0 Å². The highest BCUT2D eigenvalue weighted by molar-refractivity contribution is 5.90. The van der Waals surface area contributed by atoms with Gasteiger partial charge in [0.2, 0.25) is 0 Å². The summed E-state index contributed by atoms with van der Waals surface area (Å²) in [6.45, 7) is 7.87. The van der Waals surface area contributed by atoms with Crippen LogP contribution in [0.15, 0.2) is 12.2 Å². The molecule has 1 aliphatic carbocycles. The third-order valence-corrected chi connectivity index (χ3v) is 3.05. The Labute approximate surface area is 91.7 Å². The molecule has 2 nitrogen and oxygen atoms in total. The quantitative estimate of drug-likeness (QED) is 0.654. The lowest BCUT2D eigenvalue weighted by molar-refractivity contribution is -0.129. The van der Waals surface area contributed by atoms with Crippen LogP contribution in [0.4, 0.5) is 0 Å². The summed E-state index contributed by atoms with van der Waals surface area (Å²) in [7, 11) is 0. The van der Waals surface area contributed by atoms with Crippen molar-refractivity contribution < 1.29 is 9.59 Å². The maximum atomic E-state index is 11.9. The van der Waals surface area contributed by atoms with Crippen LogP contribution in [0.2, 0.25) is 0 Å². The van der Waals surface area contributed by atoms with E-state index in [1.165, 1.54) is 13.0 Å². The standard InChI is InChI=1S/C13H20O2/c1-9-7-13(3,4)8-11(12(9)15)6-5-10(2)14/h5-6,9,11H,7-8H2,1-4H3/b6-5-/t9-,11-/m1/s1. The molecule has 2 heteroatoms. The molecular weight excluding hydrogens is 188 g/mol. The number of hydrogen-bond donors (Lipinski definition) is 0. The van der Waals surface area contributed by atoms with E-state index in [0.29, 0.717) is 0 Å². The monoisotopic (exact) mass is 208 g/mol. The van der Waals surface area contributed by atoms with Gasteiger partial charge in [0.05, 0.1) is 0 Å². The average Bonchev–Trinajstić information content (AvgIpc) is 2.08. The van der Waals surface area contributed by atoms with Crippen LogP contribution in [0.1, 0.15) is 40.5 Å². The summed E-state index contributed by atoms with van der Waals surface area (Å²) in [4.78, 5) is 22.7. The highest BCUT2D eigenvalue weighted by atomic mass is 16.1. The van der Waals surface area contributed by atoms with Gasteiger partial charge in [-0.05, 0) is 31.3 Å². The van der Waals surface area contributed by atoms with Crippen LogP contribution in [0.25, 0.3) is 0 Å². The van der Waals surface area contributed by atoms with Crippen molar-refractivity contribution in [2.75, 3.05) is 0 Å². The molecule has 0 saturated heterocycles. The van der Waals surface area contributed by atoms with Crippen molar-refractivity contribution in [2.24, 2.45) is 17.3 Å². The molecule has 15 heavy (non-hydrogen) atoms. The van der Waals surface area contributed by atoms with Crippen molar-refractivity contribution in [2.45, 2.75) is 40.5 Å². The van der Waals surface area contributed by atoms with Gasteiger partial charge in [0.1, 0.15) is 5.78 Å². The number of Topliss-reactive ketones (excluding diaryl/α,β-unsaturated/α-hetero) is 1. The number of carbonyl (C=O) groups is 2. The molecule has 0 N–H and O–H groups in total. The molecule has 0 radical (unpaired) electrons. The van der Waals surface area contributed by atoms with Crippen LogP contribution in [-0.4, -0.2) is 11.6 Å². The van der Waals surface area contributed by atoms with Gasteiger partial charge in [-0.15, -0.1) is 0 Å². The Morgan fingerprint density at radius 2 is 2.00 bits per heavy atom. The van der Waals surface area contributed by atoms with Gasteiger partial charge in [0.25, 0.3) is 0 Å². The van der Waals surface area contributed by atoms with Crippen molar-refractivity contribution in [1.29, 1.82) is 0 Å². The molecule has 0 aliphatic heterocycles. The van der Waals surface area contributed by atoms with Crippen LogP contribution in [0.3, 0.4) is 0 Å². The zero-order valence-corrected chi connectivity index (χ0v) is 10.0. The summed E-state index contributed by atoms with van der Waals surface area (Å²) < 4.78 is 0. The number of ketones is 2. The minimum absolute atomic E-state index is 0.0128. The van der Waals surface area contributed by atoms with Crippen molar-refractivity contribution >= 4 is 11.6 Å². The number of carbonyl (C=O) groups excluding carboxylic acids is 2. The van der Waals surface area contributed by atoms with Crippen LogP contribution >= 0.6 is 0 Å². The van der Waals surface area contributed by atoms with E-state index in [1.807, 2.05) is 6.92 Å². The lowest BCUT2D eigenvalue weighted by Gasteiger charge is -2.36. The molecule has 1 fully saturated rings. The normalized spacial score (nSPS) is 30.8. The lowest BCUT2D eigenvalue weighted by Crippen LogP contribution is -2.35. The van der Waals surface area contributed by atoms with Gasteiger partial charge in [-0.25, -0.2) is 0 Å². The molecule has 0 aromatic rings. The molecular formula is C13H20O2. The smallest absolute Gasteiger partial charge is 0.152 e. The first-order valence-electron chi connectivity index (χ1n) is 5.54. The second-order valence-corrected chi connectivity index (χ2v) is 5.45. The second kappa shape index (κ2) is 4.30. The third kappa shape index (κ3) is 3.29. The summed E-state index contributed by atoms with van der Waals surface area (Å²) in [5.41, 5.74) is 0.207. The SMILES string of the molecule is CC(=O)/C=C\[C@@H]1CC(C)(C)C[C@@H](C)C1=O. The topological polar surface area (TPSA) is 34.1 Å². The predicted octanol–water partition coefficient (Wildman–Crippen LogP) is 2.77. The Hall–Kier alpha value is -0.920. The summed E-state index contributed by atoms with van der Waals surface area (Å²) in [6, 6.07) is 0. The van der Waals surface area contributed by atoms with Crippen molar-refractivity contribution in [3.05, 3.63) is 12.2 Å². The van der Waals surface area contributed by atoms with Gasteiger partial charge in [0, 0.05) is 11.8 Å². The minimum Gasteiger partial charge on any atom is -0.299 e. The van der Waals surface area contributed by atoms with Crippen LogP contribution in [0.5, 0.6) is 0 Å². The van der Waals surface area contributed by atoms with Crippen molar-refractivity contribution in [3.8, 4) is 0 Å². The van der Waals surface area contributed by atoms with E-state index in [1.54, 1.807) is 6.08 Å². The van der Waals surface area contributed by atoms with Gasteiger partial charge in [-0.1, -0.05) is 26.8 Å². The summed E-state index contributed by atoms with van der Waals surface area (Å²) in [5, 5.41) is 0. The first kappa shape index (κ1) is 12.2. The Bertz CT molecular complexity index is 300. The summed E-state index contributed by atoms with van der Waals surface area (Å²) in [5.74, 6) is 0.355. The van der Waals surface area contributed by atoms with Crippen LogP contribution in [-0.2, 0) is 9.59 Å². The fourth-order valence-corrected chi connectivity index (χ4v) is 2.49. The highest BCUT2D eigenvalue weighted by Gasteiger charge is 2.36. The predicted molar refractivity (Wildman–Crippen MR) is 60.5 cm³/mol. The van der Waals surface area contributed by atoms with Gasteiger partial charge in [-0.3, -0.25) is 9.59 Å². The Kier molecular flexibility index (Phi) is 3.48. The zero-order valence-electron chi connectivity index (χ0n) is 10.0. The average molecular weight is 208 g/mol. The van der Waals surface area contributed by atoms with E-state index < -0.39 is 0 Å². The minimum atomic E-state index is -0.0624. The second-order valence-electron chi connectivity index (χ2n) is 5.45. The van der Waals surface area contributed by atoms with E-state index in [2.05, 4.69) is 13.8 Å². The fourth-order valence-electron chi connectivity index (χ4n) is 2.49. The Balaban J connectivity index is 2.78. The van der Waals surface area contributed by atoms with Crippen molar-refractivity contribution in [1.82, 2.24) is 0 Å². The molecule has 0 spiro atoms. The van der Waals surface area contributed by atoms with E-state index in [-0.39, 0.29) is 28.8 Å². The van der Waals surface area contributed by atoms with Gasteiger partial charge in [-0.2, -0.15) is 0 Å². The number of rotatable bonds is 2. The molecule has 0 bridgehead atoms.